The van der Waals surface area contributed by atoms with Crippen LogP contribution in [-0.4, -0.2) is 40.5 Å². The van der Waals surface area contributed by atoms with Crippen LogP contribution in [0.5, 0.6) is 0 Å². The average Bonchev–Trinajstić information content (AvgIpc) is 3.12. The summed E-state index contributed by atoms with van der Waals surface area (Å²) >= 11 is 12.3. The second kappa shape index (κ2) is 8.65. The smallest absolute Gasteiger partial charge is 0.233 e. The lowest BCUT2D eigenvalue weighted by molar-refractivity contribution is -0.126. The van der Waals surface area contributed by atoms with Crippen molar-refractivity contribution in [3.63, 3.8) is 0 Å². The number of amides is 1. The quantitative estimate of drug-likeness (QED) is 0.577. The first-order valence-corrected chi connectivity index (χ1v) is 11.3. The Morgan fingerprint density at radius 2 is 1.81 bits per heavy atom. The number of aromatic nitrogens is 3. The van der Waals surface area contributed by atoms with Gasteiger partial charge in [-0.2, -0.15) is 0 Å². The lowest BCUT2D eigenvalue weighted by Crippen LogP contribution is -2.42. The molecule has 7 nitrogen and oxygen atoms in total. The summed E-state index contributed by atoms with van der Waals surface area (Å²) in [7, 11) is 0. The number of pyridine rings is 1. The average molecular weight is 469 g/mol. The molecule has 2 saturated heterocycles. The highest BCUT2D eigenvalue weighted by Crippen LogP contribution is 2.42. The summed E-state index contributed by atoms with van der Waals surface area (Å²) in [5.41, 5.74) is 2.69. The third kappa shape index (κ3) is 4.03. The molecular formula is C23H22Cl2N6O. The predicted molar refractivity (Wildman–Crippen MR) is 127 cm³/mol. The molecule has 2 N–H and O–H groups in total. The van der Waals surface area contributed by atoms with Gasteiger partial charge in [0.2, 0.25) is 11.9 Å². The van der Waals surface area contributed by atoms with Gasteiger partial charge in [0.05, 0.1) is 46.1 Å². The van der Waals surface area contributed by atoms with E-state index in [1.165, 1.54) is 0 Å². The Kier molecular flexibility index (Phi) is 5.71. The van der Waals surface area contributed by atoms with Gasteiger partial charge >= 0.3 is 0 Å². The third-order valence-electron chi connectivity index (χ3n) is 6.23. The molecular weight excluding hydrogens is 447 g/mol. The monoisotopic (exact) mass is 468 g/mol. The minimum Gasteiger partial charge on any atom is -0.323 e. The Balaban J connectivity index is 1.37. The Hall–Kier alpha value is -2.74. The van der Waals surface area contributed by atoms with E-state index in [2.05, 4.69) is 25.6 Å². The molecule has 2 aromatic heterocycles. The minimum atomic E-state index is -0.235. The van der Waals surface area contributed by atoms with Gasteiger partial charge in [0.15, 0.2) is 0 Å². The Bertz CT molecular complexity index is 1150. The molecule has 5 rings (SSSR count). The van der Waals surface area contributed by atoms with Crippen molar-refractivity contribution in [1.29, 1.82) is 0 Å². The van der Waals surface area contributed by atoms with Crippen LogP contribution in [0.15, 0.2) is 48.9 Å². The zero-order valence-electron chi connectivity index (χ0n) is 17.3. The van der Waals surface area contributed by atoms with E-state index in [9.17, 15) is 4.79 Å². The summed E-state index contributed by atoms with van der Waals surface area (Å²) < 4.78 is 0. The minimum absolute atomic E-state index is 0.200. The van der Waals surface area contributed by atoms with Crippen LogP contribution in [0.25, 0.3) is 11.3 Å². The molecule has 164 valence electrons. The summed E-state index contributed by atoms with van der Waals surface area (Å²) in [5.74, 6) is 0.589. The zero-order valence-corrected chi connectivity index (χ0v) is 18.8. The van der Waals surface area contributed by atoms with Gasteiger partial charge in [-0.15, -0.1) is 0 Å². The van der Waals surface area contributed by atoms with E-state index in [0.29, 0.717) is 33.9 Å². The lowest BCUT2D eigenvalue weighted by Gasteiger charge is -2.32. The molecule has 0 bridgehead atoms. The first-order valence-electron chi connectivity index (χ1n) is 10.6. The molecule has 0 atom stereocenters. The Morgan fingerprint density at radius 1 is 1.03 bits per heavy atom. The zero-order chi connectivity index (χ0) is 22.1. The van der Waals surface area contributed by atoms with Crippen molar-refractivity contribution in [3.05, 3.63) is 59.0 Å². The number of halogens is 2. The summed E-state index contributed by atoms with van der Waals surface area (Å²) in [6.07, 6.45) is 7.63. The molecule has 2 aliphatic rings. The van der Waals surface area contributed by atoms with Crippen molar-refractivity contribution in [2.24, 2.45) is 5.41 Å². The van der Waals surface area contributed by atoms with E-state index in [1.54, 1.807) is 30.7 Å². The Labute approximate surface area is 196 Å². The van der Waals surface area contributed by atoms with E-state index >= 15 is 0 Å². The normalized spacial score (nSPS) is 17.7. The van der Waals surface area contributed by atoms with Gasteiger partial charge in [0, 0.05) is 17.1 Å². The highest BCUT2D eigenvalue weighted by Gasteiger charge is 2.47. The van der Waals surface area contributed by atoms with Gasteiger partial charge in [-0.3, -0.25) is 9.78 Å². The van der Waals surface area contributed by atoms with Crippen molar-refractivity contribution in [1.82, 2.24) is 20.3 Å². The van der Waals surface area contributed by atoms with Crippen LogP contribution in [0, 0.1) is 5.41 Å². The Morgan fingerprint density at radius 3 is 2.59 bits per heavy atom. The number of hydrogen-bond donors (Lipinski definition) is 2. The molecule has 0 saturated carbocycles. The van der Waals surface area contributed by atoms with Crippen LogP contribution >= 0.6 is 23.2 Å². The molecule has 3 aromatic rings. The van der Waals surface area contributed by atoms with Crippen LogP contribution in [0.1, 0.15) is 19.3 Å². The van der Waals surface area contributed by atoms with Crippen LogP contribution in [0.3, 0.4) is 0 Å². The lowest BCUT2D eigenvalue weighted by atomic mass is 9.78. The molecule has 4 heterocycles. The molecule has 0 aliphatic carbocycles. The SMILES string of the molecule is O=C1N(c2cncc(Nc3ncc(Cl)c(-c4ccc(Cl)cc4)n3)c2)CCC12CCNCC2. The fraction of sp³-hybridized carbons (Fsp3) is 0.304. The number of anilines is 3. The molecule has 9 heteroatoms. The number of nitrogens with one attached hydrogen (secondary N) is 2. The largest absolute Gasteiger partial charge is 0.323 e. The number of hydrogen-bond acceptors (Lipinski definition) is 6. The van der Waals surface area contributed by atoms with E-state index in [4.69, 9.17) is 23.2 Å². The maximum atomic E-state index is 13.2. The molecule has 32 heavy (non-hydrogen) atoms. The van der Waals surface area contributed by atoms with E-state index in [0.717, 1.165) is 43.6 Å². The maximum Gasteiger partial charge on any atom is 0.233 e. The third-order valence-corrected chi connectivity index (χ3v) is 6.76. The molecule has 1 amide bonds. The highest BCUT2D eigenvalue weighted by atomic mass is 35.5. The second-order valence-electron chi connectivity index (χ2n) is 8.19. The first-order chi connectivity index (χ1) is 15.5. The van der Waals surface area contributed by atoms with Crippen molar-refractivity contribution < 1.29 is 4.79 Å². The topological polar surface area (TPSA) is 83.0 Å². The first kappa shape index (κ1) is 21.1. The van der Waals surface area contributed by atoms with Gasteiger partial charge in [-0.05, 0) is 50.6 Å². The molecule has 2 aliphatic heterocycles. The van der Waals surface area contributed by atoms with Gasteiger partial charge in [-0.25, -0.2) is 9.97 Å². The second-order valence-corrected chi connectivity index (χ2v) is 9.03. The highest BCUT2D eigenvalue weighted by molar-refractivity contribution is 6.33. The van der Waals surface area contributed by atoms with Gasteiger partial charge in [-0.1, -0.05) is 35.3 Å². The van der Waals surface area contributed by atoms with Crippen molar-refractivity contribution in [3.8, 4) is 11.3 Å². The number of nitrogens with zero attached hydrogens (tertiary/aromatic N) is 4. The van der Waals surface area contributed by atoms with E-state index in [1.807, 2.05) is 23.1 Å². The van der Waals surface area contributed by atoms with E-state index < -0.39 is 0 Å². The van der Waals surface area contributed by atoms with E-state index in [-0.39, 0.29) is 11.3 Å². The molecule has 0 radical (unpaired) electrons. The molecule has 1 spiro atoms. The predicted octanol–water partition coefficient (Wildman–Crippen LogP) is 4.70. The molecule has 1 aromatic carbocycles. The van der Waals surface area contributed by atoms with Gasteiger partial charge < -0.3 is 15.5 Å². The number of benzene rings is 1. The molecule has 2 fully saturated rings. The number of carbonyl (C=O) groups excluding carboxylic acids is 1. The van der Waals surface area contributed by atoms with Crippen molar-refractivity contribution >= 4 is 46.4 Å². The van der Waals surface area contributed by atoms with Gasteiger partial charge in [0.25, 0.3) is 0 Å². The van der Waals surface area contributed by atoms with Crippen molar-refractivity contribution in [2.75, 3.05) is 29.9 Å². The number of carbonyl (C=O) groups is 1. The van der Waals surface area contributed by atoms with Crippen LogP contribution in [0.2, 0.25) is 10.0 Å². The van der Waals surface area contributed by atoms with Crippen LogP contribution in [0.4, 0.5) is 17.3 Å². The van der Waals surface area contributed by atoms with Crippen LogP contribution < -0.4 is 15.5 Å². The fourth-order valence-corrected chi connectivity index (χ4v) is 4.77. The fourth-order valence-electron chi connectivity index (χ4n) is 4.45. The summed E-state index contributed by atoms with van der Waals surface area (Å²) in [4.78, 5) is 28.3. The summed E-state index contributed by atoms with van der Waals surface area (Å²) in [6, 6.07) is 9.21. The maximum absolute atomic E-state index is 13.2. The summed E-state index contributed by atoms with van der Waals surface area (Å²) in [6.45, 7) is 2.49. The van der Waals surface area contributed by atoms with Gasteiger partial charge in [0.1, 0.15) is 0 Å². The molecule has 0 unspecified atom stereocenters. The number of rotatable bonds is 4. The van der Waals surface area contributed by atoms with Crippen molar-refractivity contribution in [2.45, 2.75) is 19.3 Å². The standard InChI is InChI=1S/C23H22Cl2N6O/c24-16-3-1-15(2-4-16)20-19(25)14-28-22(30-20)29-17-11-18(13-27-12-17)31-10-7-23(21(31)32)5-8-26-9-6-23/h1-4,11-14,26H,5-10H2,(H,28,29,30). The van der Waals surface area contributed by atoms with Crippen LogP contribution in [-0.2, 0) is 4.79 Å². The summed E-state index contributed by atoms with van der Waals surface area (Å²) in [5, 5.41) is 7.62. The number of piperidine rings is 1.